The van der Waals surface area contributed by atoms with Crippen molar-refractivity contribution in [2.75, 3.05) is 29.9 Å². The van der Waals surface area contributed by atoms with Gasteiger partial charge in [0.25, 0.3) is 5.91 Å². The fourth-order valence-corrected chi connectivity index (χ4v) is 6.76. The Bertz CT molecular complexity index is 1890. The molecule has 3 aliphatic rings. The number of benzene rings is 2. The summed E-state index contributed by atoms with van der Waals surface area (Å²) in [5, 5.41) is 30.5. The van der Waals surface area contributed by atoms with Crippen LogP contribution in [0.15, 0.2) is 54.9 Å². The molecule has 13 heteroatoms. The van der Waals surface area contributed by atoms with Crippen LogP contribution in [0, 0.1) is 16.7 Å². The summed E-state index contributed by atoms with van der Waals surface area (Å²) in [6.45, 7) is 1.77. The Morgan fingerprint density at radius 2 is 1.89 bits per heavy atom. The van der Waals surface area contributed by atoms with Gasteiger partial charge in [0, 0.05) is 37.8 Å². The summed E-state index contributed by atoms with van der Waals surface area (Å²) in [4.78, 5) is 22.0. The second-order valence-electron chi connectivity index (χ2n) is 12.8. The van der Waals surface area contributed by atoms with Crippen LogP contribution in [0.2, 0.25) is 0 Å². The molecule has 4 aromatic rings. The van der Waals surface area contributed by atoms with Gasteiger partial charge in [-0.2, -0.15) is 18.4 Å². The minimum Gasteiger partial charge on any atom is -0.390 e. The molecule has 4 heterocycles. The number of likely N-dealkylation sites (tertiary alicyclic amines) is 1. The third-order valence-electron chi connectivity index (χ3n) is 9.41. The van der Waals surface area contributed by atoms with Crippen molar-refractivity contribution >= 4 is 17.5 Å². The van der Waals surface area contributed by atoms with Crippen LogP contribution >= 0.6 is 0 Å². The van der Waals surface area contributed by atoms with E-state index in [1.54, 1.807) is 29.1 Å². The zero-order valence-electron chi connectivity index (χ0n) is 25.8. The predicted molar refractivity (Wildman–Crippen MR) is 168 cm³/mol. The van der Waals surface area contributed by atoms with Crippen LogP contribution in [0.5, 0.6) is 0 Å². The molecule has 2 aromatic heterocycles. The lowest BCUT2D eigenvalue weighted by molar-refractivity contribution is -0.138. The molecule has 0 bridgehead atoms. The largest absolute Gasteiger partial charge is 0.416 e. The fourth-order valence-electron chi connectivity index (χ4n) is 6.76. The van der Waals surface area contributed by atoms with Crippen LogP contribution < -0.4 is 10.2 Å². The van der Waals surface area contributed by atoms with Crippen LogP contribution in [0.4, 0.5) is 24.8 Å². The summed E-state index contributed by atoms with van der Waals surface area (Å²) < 4.78 is 45.3. The van der Waals surface area contributed by atoms with E-state index in [1.165, 1.54) is 11.0 Å². The Morgan fingerprint density at radius 3 is 2.57 bits per heavy atom. The third-order valence-corrected chi connectivity index (χ3v) is 9.41. The van der Waals surface area contributed by atoms with E-state index in [-0.39, 0.29) is 42.3 Å². The van der Waals surface area contributed by atoms with Gasteiger partial charge in [-0.3, -0.25) is 14.6 Å². The molecule has 0 radical (unpaired) electrons. The molecule has 1 spiro atoms. The Kier molecular flexibility index (Phi) is 7.72. The van der Waals surface area contributed by atoms with Crippen LogP contribution in [-0.4, -0.2) is 61.4 Å². The number of hydrogen-bond donors (Lipinski definition) is 2. The Hall–Kier alpha value is -4.80. The lowest BCUT2D eigenvalue weighted by Gasteiger charge is -2.19. The minimum atomic E-state index is -4.65. The molecule has 2 N–H and O–H groups in total. The summed E-state index contributed by atoms with van der Waals surface area (Å²) in [6.07, 6.45) is -0.759. The molecule has 1 saturated carbocycles. The zero-order chi connectivity index (χ0) is 32.9. The van der Waals surface area contributed by atoms with Crippen molar-refractivity contribution in [2.24, 2.45) is 12.5 Å². The molecule has 1 saturated heterocycles. The first-order chi connectivity index (χ1) is 22.5. The summed E-state index contributed by atoms with van der Waals surface area (Å²) in [5.74, 6) is 0.467. The molecule has 0 unspecified atom stereocenters. The number of hydrogen-bond acceptors (Lipinski definition) is 8. The molecule has 10 nitrogen and oxygen atoms in total. The number of amides is 1. The van der Waals surface area contributed by atoms with E-state index >= 15 is 0 Å². The molecular formula is C34H33F3N8O2. The molecule has 2 aromatic carbocycles. The Labute approximate surface area is 269 Å². The molecule has 1 aliphatic carbocycles. The molecule has 1 amide bonds. The van der Waals surface area contributed by atoms with Gasteiger partial charge in [-0.25, -0.2) is 4.98 Å². The lowest BCUT2D eigenvalue weighted by atomic mass is 9.98. The van der Waals surface area contributed by atoms with Gasteiger partial charge in [-0.15, -0.1) is 10.2 Å². The topological polar surface area (TPSA) is 123 Å². The first-order valence-corrected chi connectivity index (χ1v) is 15.6. The molecule has 7 rings (SSSR count). The lowest BCUT2D eigenvalue weighted by Crippen LogP contribution is -2.25. The second-order valence-corrected chi connectivity index (χ2v) is 12.8. The van der Waals surface area contributed by atoms with Gasteiger partial charge in [0.15, 0.2) is 5.82 Å². The van der Waals surface area contributed by atoms with Crippen molar-refractivity contribution in [3.63, 3.8) is 0 Å². The van der Waals surface area contributed by atoms with Crippen molar-refractivity contribution in [3.8, 4) is 28.6 Å². The first kappa shape index (κ1) is 30.8. The van der Waals surface area contributed by atoms with Gasteiger partial charge in [0.05, 0.1) is 30.7 Å². The number of anilines is 2. The number of pyridine rings is 1. The number of nitrogens with one attached hydrogen (secondary N) is 1. The second kappa shape index (κ2) is 11.8. The minimum absolute atomic E-state index is 0.00191. The number of aliphatic hydroxyl groups excluding tert-OH is 1. The number of halogens is 3. The average molecular weight is 643 g/mol. The van der Waals surface area contributed by atoms with E-state index in [2.05, 4.69) is 25.4 Å². The predicted octanol–water partition coefficient (Wildman–Crippen LogP) is 5.40. The maximum atomic E-state index is 14.5. The smallest absolute Gasteiger partial charge is 0.390 e. The van der Waals surface area contributed by atoms with Crippen molar-refractivity contribution in [1.82, 2.24) is 24.6 Å². The van der Waals surface area contributed by atoms with Crippen LogP contribution in [0.3, 0.4) is 0 Å². The molecule has 242 valence electrons. The normalized spacial score (nSPS) is 17.6. The van der Waals surface area contributed by atoms with E-state index in [4.69, 9.17) is 5.26 Å². The number of nitrogens with zero attached hydrogens (tertiary/aromatic N) is 7. The quantitative estimate of drug-likeness (QED) is 0.249. The molecule has 1 atom stereocenters. The fraction of sp³-hybridized carbons (Fsp3) is 0.382. The van der Waals surface area contributed by atoms with E-state index < -0.39 is 23.8 Å². The molecule has 47 heavy (non-hydrogen) atoms. The summed E-state index contributed by atoms with van der Waals surface area (Å²) in [7, 11) is 1.81. The number of rotatable bonds is 9. The van der Waals surface area contributed by atoms with Crippen molar-refractivity contribution in [3.05, 3.63) is 77.1 Å². The number of alkyl halides is 3. The van der Waals surface area contributed by atoms with Gasteiger partial charge in [-0.1, -0.05) is 24.3 Å². The van der Waals surface area contributed by atoms with Crippen LogP contribution in [0.25, 0.3) is 22.5 Å². The number of aryl methyl sites for hydroxylation is 1. The highest BCUT2D eigenvalue weighted by atomic mass is 19.4. The van der Waals surface area contributed by atoms with Gasteiger partial charge < -0.3 is 15.0 Å². The monoisotopic (exact) mass is 642 g/mol. The highest BCUT2D eigenvalue weighted by Crippen LogP contribution is 2.53. The average Bonchev–Trinajstić information content (AvgIpc) is 3.30. The Balaban J connectivity index is 1.27. The number of carbonyl (C=O) groups excluding carboxylic acids is 1. The molecular weight excluding hydrogens is 609 g/mol. The van der Waals surface area contributed by atoms with Gasteiger partial charge in [0.1, 0.15) is 18.0 Å². The number of aliphatic hydroxyl groups is 1. The van der Waals surface area contributed by atoms with Gasteiger partial charge in [-0.05, 0) is 77.7 Å². The number of fused-ring (bicyclic) bond motifs is 1. The summed E-state index contributed by atoms with van der Waals surface area (Å²) >= 11 is 0. The highest BCUT2D eigenvalue weighted by Gasteiger charge is 2.47. The van der Waals surface area contributed by atoms with Crippen molar-refractivity contribution < 1.29 is 23.1 Å². The number of nitriles is 1. The van der Waals surface area contributed by atoms with Gasteiger partial charge in [0.2, 0.25) is 0 Å². The van der Waals surface area contributed by atoms with E-state index in [1.807, 2.05) is 37.4 Å². The highest BCUT2D eigenvalue weighted by molar-refractivity contribution is 6.10. The Morgan fingerprint density at radius 1 is 1.11 bits per heavy atom. The van der Waals surface area contributed by atoms with E-state index in [0.717, 1.165) is 43.5 Å². The molecule has 2 aliphatic heterocycles. The van der Waals surface area contributed by atoms with E-state index in [9.17, 15) is 23.1 Å². The summed E-state index contributed by atoms with van der Waals surface area (Å²) in [5.41, 5.74) is 2.05. The number of aromatic nitrogens is 4. The first-order valence-electron chi connectivity index (χ1n) is 15.6. The van der Waals surface area contributed by atoms with Crippen LogP contribution in [-0.2, 0) is 26.3 Å². The maximum Gasteiger partial charge on any atom is 0.416 e. The van der Waals surface area contributed by atoms with E-state index in [0.29, 0.717) is 28.9 Å². The van der Waals surface area contributed by atoms with Crippen molar-refractivity contribution in [2.45, 2.75) is 51.1 Å². The molecule has 2 fully saturated rings. The standard InChI is InChI=1S/C34H33F3N8O2/c1-43-20-40-42-31(43)25-5-3-2-4-24(25)22-14-29(39-16-23(46)6-10-38)41-30(15-22)45-18-27-26(32(45)47)12-21(13-28(27)34(35,36)37)17-44-11-9-33(19-44)7-8-33/h2-5,12-15,20,23,46H,6-9,11,16-19H2,1H3,(H,39,41)/t23-/m0/s1. The van der Waals surface area contributed by atoms with Crippen LogP contribution in [0.1, 0.15) is 52.7 Å². The SMILES string of the molecule is Cn1cnnc1-c1ccccc1-c1cc(NC[C@@H](O)CC#N)nc(N2Cc3c(cc(CN4CCC5(CC5)C4)cc3C(F)(F)F)C2=O)c1. The summed E-state index contributed by atoms with van der Waals surface area (Å²) in [6, 6.07) is 15.6. The van der Waals surface area contributed by atoms with Crippen molar-refractivity contribution in [1.29, 1.82) is 5.26 Å². The van der Waals surface area contributed by atoms with Gasteiger partial charge >= 0.3 is 6.18 Å². The third kappa shape index (κ3) is 6.06. The maximum absolute atomic E-state index is 14.5. The number of carbonyl (C=O) groups is 1. The zero-order valence-corrected chi connectivity index (χ0v) is 25.8.